The van der Waals surface area contributed by atoms with E-state index in [1.807, 2.05) is 0 Å². The molecule has 2 fully saturated rings. The van der Waals surface area contributed by atoms with Crippen LogP contribution in [0.25, 0.3) is 0 Å². The molecule has 92 valence electrons. The number of rotatable bonds is 1. The fraction of sp³-hybridized carbons (Fsp3) is 0.933. The fourth-order valence-electron chi connectivity index (χ4n) is 3.99. The van der Waals surface area contributed by atoms with Gasteiger partial charge in [0.25, 0.3) is 0 Å². The van der Waals surface area contributed by atoms with Crippen LogP contribution in [-0.2, 0) is 4.79 Å². The number of Topliss-reactive ketones (excluding diaryl/α,β-unsaturated/α-hetero) is 1. The first-order valence-corrected chi connectivity index (χ1v) is 6.92. The van der Waals surface area contributed by atoms with Gasteiger partial charge in [-0.15, -0.1) is 0 Å². The van der Waals surface area contributed by atoms with Crippen LogP contribution in [0.1, 0.15) is 66.2 Å². The Hall–Kier alpha value is -0.330. The van der Waals surface area contributed by atoms with Crippen LogP contribution in [0.3, 0.4) is 0 Å². The molecular formula is C15H26O. The highest BCUT2D eigenvalue weighted by Gasteiger charge is 2.54. The van der Waals surface area contributed by atoms with Gasteiger partial charge < -0.3 is 0 Å². The summed E-state index contributed by atoms with van der Waals surface area (Å²) < 4.78 is 0. The summed E-state index contributed by atoms with van der Waals surface area (Å²) in [7, 11) is 0. The summed E-state index contributed by atoms with van der Waals surface area (Å²) in [6, 6.07) is 0. The minimum Gasteiger partial charge on any atom is -0.299 e. The summed E-state index contributed by atoms with van der Waals surface area (Å²) in [5.74, 6) is 2.04. The van der Waals surface area contributed by atoms with Crippen molar-refractivity contribution in [1.82, 2.24) is 0 Å². The Kier molecular flexibility index (Phi) is 2.92. The van der Waals surface area contributed by atoms with Crippen molar-refractivity contribution in [1.29, 1.82) is 0 Å². The molecule has 0 aromatic heterocycles. The zero-order valence-corrected chi connectivity index (χ0v) is 11.3. The van der Waals surface area contributed by atoms with E-state index < -0.39 is 0 Å². The van der Waals surface area contributed by atoms with E-state index in [2.05, 4.69) is 27.7 Å². The standard InChI is InChI=1S/C15H26O/c1-11(2)12-7-9-14(3)8-5-6-13(16)15(14,4)10-12/h11-12H,5-10H2,1-4H3/t12-,14+,15+/m0/s1. The number of hydrogen-bond acceptors (Lipinski definition) is 1. The summed E-state index contributed by atoms with van der Waals surface area (Å²) >= 11 is 0. The van der Waals surface area contributed by atoms with Gasteiger partial charge >= 0.3 is 0 Å². The molecule has 2 saturated carbocycles. The number of carbonyl (C=O) groups is 1. The van der Waals surface area contributed by atoms with Crippen LogP contribution >= 0.6 is 0 Å². The maximum absolute atomic E-state index is 12.3. The lowest BCUT2D eigenvalue weighted by Crippen LogP contribution is -2.51. The Morgan fingerprint density at radius 1 is 1.25 bits per heavy atom. The van der Waals surface area contributed by atoms with E-state index >= 15 is 0 Å². The predicted molar refractivity (Wildman–Crippen MR) is 67.3 cm³/mol. The molecule has 0 bridgehead atoms. The molecule has 0 radical (unpaired) electrons. The average molecular weight is 222 g/mol. The molecule has 0 amide bonds. The molecule has 1 heteroatoms. The molecule has 0 saturated heterocycles. The second-order valence-electron chi connectivity index (χ2n) is 6.92. The summed E-state index contributed by atoms with van der Waals surface area (Å²) in [5, 5.41) is 0. The van der Waals surface area contributed by atoms with Crippen LogP contribution in [0, 0.1) is 22.7 Å². The summed E-state index contributed by atoms with van der Waals surface area (Å²) in [6.45, 7) is 9.23. The van der Waals surface area contributed by atoms with Crippen LogP contribution in [0.2, 0.25) is 0 Å². The van der Waals surface area contributed by atoms with E-state index in [1.54, 1.807) is 0 Å². The molecule has 0 N–H and O–H groups in total. The molecule has 0 unspecified atom stereocenters. The third-order valence-electron chi connectivity index (χ3n) is 5.76. The molecule has 2 aliphatic carbocycles. The second-order valence-corrected chi connectivity index (χ2v) is 6.92. The fourth-order valence-corrected chi connectivity index (χ4v) is 3.99. The van der Waals surface area contributed by atoms with Gasteiger partial charge in [-0.05, 0) is 49.4 Å². The van der Waals surface area contributed by atoms with Gasteiger partial charge in [-0.3, -0.25) is 4.79 Å². The third-order valence-corrected chi connectivity index (χ3v) is 5.76. The zero-order valence-electron chi connectivity index (χ0n) is 11.3. The first-order valence-electron chi connectivity index (χ1n) is 6.92. The normalized spacial score (nSPS) is 44.6. The summed E-state index contributed by atoms with van der Waals surface area (Å²) in [5.41, 5.74) is 0.284. The van der Waals surface area contributed by atoms with Gasteiger partial charge in [-0.25, -0.2) is 0 Å². The highest BCUT2D eigenvalue weighted by atomic mass is 16.1. The van der Waals surface area contributed by atoms with Crippen molar-refractivity contribution < 1.29 is 4.79 Å². The van der Waals surface area contributed by atoms with Gasteiger partial charge in [-0.2, -0.15) is 0 Å². The van der Waals surface area contributed by atoms with Crippen LogP contribution in [0.15, 0.2) is 0 Å². The Morgan fingerprint density at radius 3 is 2.56 bits per heavy atom. The molecule has 3 atom stereocenters. The van der Waals surface area contributed by atoms with E-state index in [0.29, 0.717) is 11.2 Å². The average Bonchev–Trinajstić information content (AvgIpc) is 2.20. The summed E-state index contributed by atoms with van der Waals surface area (Å²) in [6.07, 6.45) is 6.95. The van der Waals surface area contributed by atoms with Crippen molar-refractivity contribution in [3.05, 3.63) is 0 Å². The minimum atomic E-state index is -0.0154. The predicted octanol–water partition coefficient (Wildman–Crippen LogP) is 4.21. The molecule has 0 aromatic carbocycles. The lowest BCUT2D eigenvalue weighted by molar-refractivity contribution is -0.148. The van der Waals surface area contributed by atoms with Crippen molar-refractivity contribution in [3.8, 4) is 0 Å². The first-order chi connectivity index (χ1) is 7.39. The van der Waals surface area contributed by atoms with Crippen LogP contribution in [0.4, 0.5) is 0 Å². The molecule has 0 aliphatic heterocycles. The Morgan fingerprint density at radius 2 is 1.94 bits per heavy atom. The number of fused-ring (bicyclic) bond motifs is 1. The van der Waals surface area contributed by atoms with E-state index in [4.69, 9.17) is 0 Å². The maximum Gasteiger partial charge on any atom is 0.139 e. The lowest BCUT2D eigenvalue weighted by Gasteiger charge is -2.55. The Balaban J connectivity index is 2.26. The molecule has 0 aromatic rings. The monoisotopic (exact) mass is 222 g/mol. The van der Waals surface area contributed by atoms with Gasteiger partial charge in [0, 0.05) is 11.8 Å². The molecule has 0 spiro atoms. The zero-order chi connectivity index (χ0) is 12.0. The lowest BCUT2D eigenvalue weighted by atomic mass is 9.48. The van der Waals surface area contributed by atoms with Gasteiger partial charge in [0.15, 0.2) is 0 Å². The molecule has 2 aliphatic rings. The number of ketones is 1. The topological polar surface area (TPSA) is 17.1 Å². The quantitative estimate of drug-likeness (QED) is 0.649. The molecule has 0 heterocycles. The SMILES string of the molecule is CC(C)[C@H]1CC[C@@]2(C)CCCC(=O)[C@@]2(C)C1. The highest BCUT2D eigenvalue weighted by Crippen LogP contribution is 2.59. The van der Waals surface area contributed by atoms with Crippen LogP contribution in [0.5, 0.6) is 0 Å². The molecule has 2 rings (SSSR count). The Labute approximate surface area is 100.0 Å². The number of carbonyl (C=O) groups excluding carboxylic acids is 1. The molecule has 16 heavy (non-hydrogen) atoms. The van der Waals surface area contributed by atoms with Crippen molar-refractivity contribution in [2.75, 3.05) is 0 Å². The van der Waals surface area contributed by atoms with Crippen LogP contribution < -0.4 is 0 Å². The van der Waals surface area contributed by atoms with Gasteiger partial charge in [-0.1, -0.05) is 27.7 Å². The molecular weight excluding hydrogens is 196 g/mol. The van der Waals surface area contributed by atoms with Crippen molar-refractivity contribution in [3.63, 3.8) is 0 Å². The Bertz CT molecular complexity index is 294. The van der Waals surface area contributed by atoms with Gasteiger partial charge in [0.1, 0.15) is 5.78 Å². The number of hydrogen-bond donors (Lipinski definition) is 0. The van der Waals surface area contributed by atoms with E-state index in [0.717, 1.165) is 31.1 Å². The largest absolute Gasteiger partial charge is 0.299 e. The third kappa shape index (κ3) is 1.63. The highest BCUT2D eigenvalue weighted by molar-refractivity contribution is 5.86. The van der Waals surface area contributed by atoms with Crippen molar-refractivity contribution >= 4 is 5.78 Å². The van der Waals surface area contributed by atoms with Crippen molar-refractivity contribution in [2.24, 2.45) is 22.7 Å². The van der Waals surface area contributed by atoms with Gasteiger partial charge in [0.05, 0.1) is 0 Å². The van der Waals surface area contributed by atoms with Gasteiger partial charge in [0.2, 0.25) is 0 Å². The van der Waals surface area contributed by atoms with E-state index in [1.165, 1.54) is 19.3 Å². The first kappa shape index (κ1) is 12.1. The smallest absolute Gasteiger partial charge is 0.139 e. The van der Waals surface area contributed by atoms with E-state index in [-0.39, 0.29) is 5.41 Å². The molecule has 1 nitrogen and oxygen atoms in total. The van der Waals surface area contributed by atoms with Crippen LogP contribution in [-0.4, -0.2) is 5.78 Å². The van der Waals surface area contributed by atoms with Crippen molar-refractivity contribution in [2.45, 2.75) is 66.2 Å². The minimum absolute atomic E-state index is 0.0154. The summed E-state index contributed by atoms with van der Waals surface area (Å²) in [4.78, 5) is 12.3. The van der Waals surface area contributed by atoms with E-state index in [9.17, 15) is 4.79 Å². The second kappa shape index (κ2) is 3.85. The maximum atomic E-state index is 12.3.